The van der Waals surface area contributed by atoms with Crippen LogP contribution in [0, 0.1) is 0 Å². The van der Waals surface area contributed by atoms with E-state index in [0.29, 0.717) is 5.75 Å². The van der Waals surface area contributed by atoms with Crippen molar-refractivity contribution >= 4 is 5.71 Å². The molecule has 0 aliphatic carbocycles. The first-order valence-corrected chi connectivity index (χ1v) is 8.62. The van der Waals surface area contributed by atoms with Gasteiger partial charge in [-0.2, -0.15) is 5.10 Å². The molecule has 1 fully saturated rings. The van der Waals surface area contributed by atoms with E-state index in [1.165, 1.54) is 5.56 Å². The number of hydrogen-bond donors (Lipinski definition) is 1. The Hall–Kier alpha value is -2.33. The van der Waals surface area contributed by atoms with Gasteiger partial charge in [-0.1, -0.05) is 37.3 Å². The lowest BCUT2D eigenvalue weighted by atomic mass is 10.1. The predicted molar refractivity (Wildman–Crippen MR) is 98.2 cm³/mol. The maximum atomic E-state index is 9.43. The van der Waals surface area contributed by atoms with Crippen LogP contribution >= 0.6 is 0 Å². The molecular formula is C20H25N3O. The molecule has 4 nitrogen and oxygen atoms in total. The van der Waals surface area contributed by atoms with Crippen molar-refractivity contribution in [2.75, 3.05) is 26.2 Å². The standard InChI is InChI=1S/C20H25N3O/c1-2-20(18-8-10-19(24)11-9-18)21-23-14-12-22(13-15-23)16-17-6-4-3-5-7-17/h3-11,24H,2,12-16H2,1H3. The summed E-state index contributed by atoms with van der Waals surface area (Å²) in [6.45, 7) is 7.10. The van der Waals surface area contributed by atoms with Crippen molar-refractivity contribution in [2.24, 2.45) is 5.10 Å². The van der Waals surface area contributed by atoms with Crippen LogP contribution in [0.15, 0.2) is 59.7 Å². The molecule has 0 radical (unpaired) electrons. The summed E-state index contributed by atoms with van der Waals surface area (Å²) in [4.78, 5) is 2.48. The number of phenolic OH excluding ortho intramolecular Hbond substituents is 1. The van der Waals surface area contributed by atoms with Gasteiger partial charge in [-0.3, -0.25) is 9.91 Å². The van der Waals surface area contributed by atoms with Gasteiger partial charge in [0.05, 0.1) is 5.71 Å². The molecular weight excluding hydrogens is 298 g/mol. The molecule has 1 aliphatic rings. The first-order valence-electron chi connectivity index (χ1n) is 8.62. The van der Waals surface area contributed by atoms with Crippen molar-refractivity contribution < 1.29 is 5.11 Å². The highest BCUT2D eigenvalue weighted by Crippen LogP contribution is 2.14. The van der Waals surface area contributed by atoms with E-state index in [0.717, 1.165) is 50.4 Å². The molecule has 0 aromatic heterocycles. The molecule has 3 rings (SSSR count). The van der Waals surface area contributed by atoms with E-state index in [-0.39, 0.29) is 0 Å². The molecule has 0 amide bonds. The molecule has 0 saturated carbocycles. The zero-order valence-electron chi connectivity index (χ0n) is 14.2. The van der Waals surface area contributed by atoms with E-state index < -0.39 is 0 Å². The van der Waals surface area contributed by atoms with Crippen molar-refractivity contribution in [2.45, 2.75) is 19.9 Å². The molecule has 24 heavy (non-hydrogen) atoms. The van der Waals surface area contributed by atoms with Gasteiger partial charge in [0.25, 0.3) is 0 Å². The van der Waals surface area contributed by atoms with E-state index in [1.54, 1.807) is 12.1 Å². The zero-order valence-corrected chi connectivity index (χ0v) is 14.2. The average molecular weight is 323 g/mol. The third kappa shape index (κ3) is 4.36. The molecule has 0 spiro atoms. The lowest BCUT2D eigenvalue weighted by Crippen LogP contribution is -2.43. The summed E-state index contributed by atoms with van der Waals surface area (Å²) in [5.41, 5.74) is 3.53. The van der Waals surface area contributed by atoms with Crippen LogP contribution in [-0.2, 0) is 6.54 Å². The monoisotopic (exact) mass is 323 g/mol. The van der Waals surface area contributed by atoms with Crippen molar-refractivity contribution in [1.29, 1.82) is 0 Å². The number of piperazine rings is 1. The fourth-order valence-corrected chi connectivity index (χ4v) is 2.99. The maximum Gasteiger partial charge on any atom is 0.115 e. The largest absolute Gasteiger partial charge is 0.508 e. The van der Waals surface area contributed by atoms with Crippen molar-refractivity contribution in [3.63, 3.8) is 0 Å². The maximum absolute atomic E-state index is 9.43. The summed E-state index contributed by atoms with van der Waals surface area (Å²) >= 11 is 0. The zero-order chi connectivity index (χ0) is 16.8. The second-order valence-electron chi connectivity index (χ2n) is 6.16. The molecule has 2 aromatic rings. The van der Waals surface area contributed by atoms with Crippen LogP contribution in [0.3, 0.4) is 0 Å². The minimum Gasteiger partial charge on any atom is -0.508 e. The first kappa shape index (κ1) is 16.5. The molecule has 1 aliphatic heterocycles. The number of hydrogen-bond acceptors (Lipinski definition) is 4. The Kier molecular flexibility index (Phi) is 5.49. The van der Waals surface area contributed by atoms with Crippen LogP contribution in [0.25, 0.3) is 0 Å². The van der Waals surface area contributed by atoms with Crippen LogP contribution in [0.4, 0.5) is 0 Å². The number of aromatic hydroxyl groups is 1. The molecule has 4 heteroatoms. The van der Waals surface area contributed by atoms with E-state index in [4.69, 9.17) is 5.10 Å². The summed E-state index contributed by atoms with van der Waals surface area (Å²) < 4.78 is 0. The van der Waals surface area contributed by atoms with Gasteiger partial charge in [0.2, 0.25) is 0 Å². The van der Waals surface area contributed by atoms with Gasteiger partial charge in [-0.25, -0.2) is 0 Å². The molecule has 1 N–H and O–H groups in total. The Morgan fingerprint density at radius 2 is 1.62 bits per heavy atom. The molecule has 2 aromatic carbocycles. The second kappa shape index (κ2) is 7.97. The lowest BCUT2D eigenvalue weighted by molar-refractivity contribution is 0.130. The van der Waals surface area contributed by atoms with E-state index in [9.17, 15) is 5.11 Å². The molecule has 1 saturated heterocycles. The van der Waals surface area contributed by atoms with Crippen LogP contribution in [0.2, 0.25) is 0 Å². The van der Waals surface area contributed by atoms with Gasteiger partial charge in [0, 0.05) is 32.7 Å². The first-order chi connectivity index (χ1) is 11.7. The molecule has 1 heterocycles. The molecule has 0 unspecified atom stereocenters. The number of phenols is 1. The minimum atomic E-state index is 0.295. The summed E-state index contributed by atoms with van der Waals surface area (Å²) in [6.07, 6.45) is 0.884. The predicted octanol–water partition coefficient (Wildman–Crippen LogP) is 3.32. The van der Waals surface area contributed by atoms with Gasteiger partial charge < -0.3 is 5.11 Å². The summed E-state index contributed by atoms with van der Waals surface area (Å²) in [7, 11) is 0. The number of hydrazone groups is 1. The molecule has 126 valence electrons. The third-order valence-corrected chi connectivity index (χ3v) is 4.40. The van der Waals surface area contributed by atoms with Crippen molar-refractivity contribution in [3.05, 3.63) is 65.7 Å². The Morgan fingerprint density at radius 3 is 2.25 bits per heavy atom. The van der Waals surface area contributed by atoms with E-state index in [1.807, 2.05) is 12.1 Å². The lowest BCUT2D eigenvalue weighted by Gasteiger charge is -2.33. The molecule has 0 bridgehead atoms. The van der Waals surface area contributed by atoms with Crippen molar-refractivity contribution in [1.82, 2.24) is 9.91 Å². The summed E-state index contributed by atoms with van der Waals surface area (Å²) in [5.74, 6) is 0.295. The van der Waals surface area contributed by atoms with Gasteiger partial charge in [-0.15, -0.1) is 0 Å². The molecule has 0 atom stereocenters. The van der Waals surface area contributed by atoms with Crippen LogP contribution in [0.1, 0.15) is 24.5 Å². The summed E-state index contributed by atoms with van der Waals surface area (Å²) in [6, 6.07) is 17.9. The van der Waals surface area contributed by atoms with E-state index >= 15 is 0 Å². The second-order valence-corrected chi connectivity index (χ2v) is 6.16. The SMILES string of the molecule is CCC(=NN1CCN(Cc2ccccc2)CC1)c1ccc(O)cc1. The van der Waals surface area contributed by atoms with Gasteiger partial charge in [0.1, 0.15) is 5.75 Å². The fraction of sp³-hybridized carbons (Fsp3) is 0.350. The van der Waals surface area contributed by atoms with E-state index in [2.05, 4.69) is 47.2 Å². The Morgan fingerprint density at radius 1 is 0.958 bits per heavy atom. The van der Waals surface area contributed by atoms with Gasteiger partial charge in [0.15, 0.2) is 0 Å². The Bertz CT molecular complexity index is 659. The normalized spacial score (nSPS) is 16.4. The topological polar surface area (TPSA) is 39.1 Å². The van der Waals surface area contributed by atoms with Crippen LogP contribution in [0.5, 0.6) is 5.75 Å². The smallest absolute Gasteiger partial charge is 0.115 e. The Labute approximate surface area is 144 Å². The van der Waals surface area contributed by atoms with Gasteiger partial charge >= 0.3 is 0 Å². The highest BCUT2D eigenvalue weighted by atomic mass is 16.3. The third-order valence-electron chi connectivity index (χ3n) is 4.40. The fourth-order valence-electron chi connectivity index (χ4n) is 2.99. The van der Waals surface area contributed by atoms with Crippen LogP contribution < -0.4 is 0 Å². The number of rotatable bonds is 5. The van der Waals surface area contributed by atoms with Gasteiger partial charge in [-0.05, 0) is 41.8 Å². The highest BCUT2D eigenvalue weighted by molar-refractivity contribution is 6.00. The van der Waals surface area contributed by atoms with Crippen molar-refractivity contribution in [3.8, 4) is 5.75 Å². The van der Waals surface area contributed by atoms with Crippen LogP contribution in [-0.4, -0.2) is 46.9 Å². The Balaban J connectivity index is 1.58. The quantitative estimate of drug-likeness (QED) is 0.858. The number of benzene rings is 2. The highest BCUT2D eigenvalue weighted by Gasteiger charge is 2.16. The number of nitrogens with zero attached hydrogens (tertiary/aromatic N) is 3. The minimum absolute atomic E-state index is 0.295. The average Bonchev–Trinajstić information content (AvgIpc) is 2.63. The summed E-state index contributed by atoms with van der Waals surface area (Å²) in [5, 5.41) is 16.4.